The number of hydrogen-bond donors (Lipinski definition) is 1. The molecule has 3 aliphatic rings. The van der Waals surface area contributed by atoms with Gasteiger partial charge in [0.1, 0.15) is 5.82 Å². The Bertz CT molecular complexity index is 787. The number of nitrogens with one attached hydrogen (secondary N) is 1. The quantitative estimate of drug-likeness (QED) is 0.721. The van der Waals surface area contributed by atoms with Crippen LogP contribution in [0, 0.1) is 0 Å². The molecule has 0 bridgehead atoms. The van der Waals surface area contributed by atoms with E-state index in [4.69, 9.17) is 0 Å². The SMILES string of the molecule is O=C([C@@H]1C[C@H](N2CCCN(c3ccc(C(F)(F)F)cn3)CC2)CN1)N1CCC(F)(F)C1. The van der Waals surface area contributed by atoms with Crippen molar-refractivity contribution in [2.24, 2.45) is 0 Å². The minimum atomic E-state index is -4.41. The number of pyridine rings is 1. The second kappa shape index (κ2) is 8.50. The molecule has 1 N–H and O–H groups in total. The van der Waals surface area contributed by atoms with Gasteiger partial charge >= 0.3 is 6.18 Å². The highest BCUT2D eigenvalue weighted by Crippen LogP contribution is 2.30. The Kier molecular flexibility index (Phi) is 6.08. The van der Waals surface area contributed by atoms with Gasteiger partial charge in [0.2, 0.25) is 5.91 Å². The zero-order valence-corrected chi connectivity index (χ0v) is 17.0. The van der Waals surface area contributed by atoms with Gasteiger partial charge in [-0.2, -0.15) is 13.2 Å². The second-order valence-corrected chi connectivity index (χ2v) is 8.50. The molecule has 172 valence electrons. The average Bonchev–Trinajstić information content (AvgIpc) is 3.26. The Balaban J connectivity index is 1.31. The van der Waals surface area contributed by atoms with Crippen molar-refractivity contribution in [3.05, 3.63) is 23.9 Å². The molecule has 0 spiro atoms. The molecule has 3 fully saturated rings. The Morgan fingerprint density at radius 2 is 1.94 bits per heavy atom. The monoisotopic (exact) mass is 447 g/mol. The van der Waals surface area contributed by atoms with E-state index in [9.17, 15) is 26.7 Å². The smallest absolute Gasteiger partial charge is 0.355 e. The first kappa shape index (κ1) is 22.2. The summed E-state index contributed by atoms with van der Waals surface area (Å²) in [6, 6.07) is 2.12. The first-order valence-electron chi connectivity index (χ1n) is 10.5. The van der Waals surface area contributed by atoms with E-state index in [1.807, 2.05) is 4.90 Å². The molecule has 31 heavy (non-hydrogen) atoms. The van der Waals surface area contributed by atoms with E-state index in [1.165, 1.54) is 11.0 Å². The van der Waals surface area contributed by atoms with E-state index in [2.05, 4.69) is 15.2 Å². The van der Waals surface area contributed by atoms with Crippen molar-refractivity contribution >= 4 is 11.7 Å². The molecule has 11 heteroatoms. The van der Waals surface area contributed by atoms with Gasteiger partial charge in [-0.1, -0.05) is 0 Å². The lowest BCUT2D eigenvalue weighted by Crippen LogP contribution is -2.43. The Morgan fingerprint density at radius 1 is 1.13 bits per heavy atom. The van der Waals surface area contributed by atoms with E-state index in [1.54, 1.807) is 0 Å². The molecule has 6 nitrogen and oxygen atoms in total. The molecule has 1 amide bonds. The summed E-state index contributed by atoms with van der Waals surface area (Å²) in [7, 11) is 0. The number of likely N-dealkylation sites (tertiary alicyclic amines) is 1. The van der Waals surface area contributed by atoms with Gasteiger partial charge in [-0.15, -0.1) is 0 Å². The number of alkyl halides is 5. The molecule has 1 aromatic heterocycles. The number of rotatable bonds is 3. The van der Waals surface area contributed by atoms with Crippen LogP contribution in [-0.2, 0) is 11.0 Å². The van der Waals surface area contributed by atoms with Gasteiger partial charge in [0.05, 0.1) is 18.2 Å². The van der Waals surface area contributed by atoms with E-state index < -0.39 is 30.2 Å². The summed E-state index contributed by atoms with van der Waals surface area (Å²) >= 11 is 0. The number of anilines is 1. The summed E-state index contributed by atoms with van der Waals surface area (Å²) < 4.78 is 65.1. The minimum absolute atomic E-state index is 0.0908. The highest BCUT2D eigenvalue weighted by atomic mass is 19.4. The maximum absolute atomic E-state index is 13.4. The van der Waals surface area contributed by atoms with Gasteiger partial charge < -0.3 is 15.1 Å². The first-order valence-corrected chi connectivity index (χ1v) is 10.5. The zero-order valence-electron chi connectivity index (χ0n) is 17.0. The number of aromatic nitrogens is 1. The van der Waals surface area contributed by atoms with Crippen LogP contribution >= 0.6 is 0 Å². The Hall–Kier alpha value is -2.01. The topological polar surface area (TPSA) is 51.7 Å². The van der Waals surface area contributed by atoms with Gasteiger partial charge in [0.15, 0.2) is 0 Å². The van der Waals surface area contributed by atoms with Gasteiger partial charge in [-0.05, 0) is 25.0 Å². The summed E-state index contributed by atoms with van der Waals surface area (Å²) in [6.45, 7) is 2.98. The average molecular weight is 447 g/mol. The summed E-state index contributed by atoms with van der Waals surface area (Å²) in [5.41, 5.74) is -0.767. The summed E-state index contributed by atoms with van der Waals surface area (Å²) in [5.74, 6) is -2.54. The fraction of sp³-hybridized carbons (Fsp3) is 0.700. The van der Waals surface area contributed by atoms with Crippen LogP contribution in [0.5, 0.6) is 0 Å². The summed E-state index contributed by atoms with van der Waals surface area (Å²) in [6.07, 6.45) is -2.45. The predicted molar refractivity (Wildman–Crippen MR) is 104 cm³/mol. The highest BCUT2D eigenvalue weighted by Gasteiger charge is 2.43. The van der Waals surface area contributed by atoms with Crippen molar-refractivity contribution in [3.8, 4) is 0 Å². The Labute approximate surface area is 177 Å². The van der Waals surface area contributed by atoms with Gasteiger partial charge in [-0.25, -0.2) is 13.8 Å². The number of amides is 1. The zero-order chi connectivity index (χ0) is 22.2. The Morgan fingerprint density at radius 3 is 2.58 bits per heavy atom. The van der Waals surface area contributed by atoms with Gasteiger partial charge in [0, 0.05) is 57.9 Å². The molecule has 0 unspecified atom stereocenters. The van der Waals surface area contributed by atoms with E-state index in [0.717, 1.165) is 25.2 Å². The summed E-state index contributed by atoms with van der Waals surface area (Å²) in [4.78, 5) is 22.1. The van der Waals surface area contributed by atoms with Crippen LogP contribution in [0.2, 0.25) is 0 Å². The summed E-state index contributed by atoms with van der Waals surface area (Å²) in [5, 5.41) is 3.18. The minimum Gasteiger partial charge on any atom is -0.355 e. The fourth-order valence-electron chi connectivity index (χ4n) is 4.60. The molecule has 0 saturated carbocycles. The van der Waals surface area contributed by atoms with Crippen LogP contribution in [0.4, 0.5) is 27.8 Å². The highest BCUT2D eigenvalue weighted by molar-refractivity contribution is 5.82. The normalized spacial score (nSPS) is 27.5. The second-order valence-electron chi connectivity index (χ2n) is 8.50. The number of hydrogen-bond acceptors (Lipinski definition) is 5. The molecule has 3 aliphatic heterocycles. The molecule has 1 aromatic rings. The van der Waals surface area contributed by atoms with Crippen LogP contribution in [0.1, 0.15) is 24.8 Å². The van der Waals surface area contributed by atoms with Gasteiger partial charge in [-0.3, -0.25) is 9.69 Å². The van der Waals surface area contributed by atoms with Crippen molar-refractivity contribution in [2.75, 3.05) is 50.7 Å². The molecular weight excluding hydrogens is 421 g/mol. The van der Waals surface area contributed by atoms with Crippen LogP contribution < -0.4 is 10.2 Å². The maximum atomic E-state index is 13.4. The van der Waals surface area contributed by atoms with E-state index >= 15 is 0 Å². The van der Waals surface area contributed by atoms with Crippen molar-refractivity contribution in [1.29, 1.82) is 0 Å². The number of nitrogens with zero attached hydrogens (tertiary/aromatic N) is 4. The van der Waals surface area contributed by atoms with Crippen LogP contribution in [0.25, 0.3) is 0 Å². The number of carbonyl (C=O) groups excluding carboxylic acids is 1. The van der Waals surface area contributed by atoms with Crippen molar-refractivity contribution in [2.45, 2.75) is 43.4 Å². The molecule has 0 aromatic carbocycles. The molecule has 0 radical (unpaired) electrons. The molecule has 0 aliphatic carbocycles. The predicted octanol–water partition coefficient (Wildman–Crippen LogP) is 2.21. The lowest BCUT2D eigenvalue weighted by molar-refractivity contribution is -0.137. The van der Waals surface area contributed by atoms with Crippen molar-refractivity contribution < 1.29 is 26.7 Å². The molecule has 4 rings (SSSR count). The number of halogens is 5. The van der Waals surface area contributed by atoms with Crippen LogP contribution in [-0.4, -0.2) is 84.5 Å². The largest absolute Gasteiger partial charge is 0.417 e. The molecule has 2 atom stereocenters. The van der Waals surface area contributed by atoms with Crippen molar-refractivity contribution in [1.82, 2.24) is 20.1 Å². The third kappa shape index (κ3) is 5.08. The van der Waals surface area contributed by atoms with Crippen LogP contribution in [0.3, 0.4) is 0 Å². The van der Waals surface area contributed by atoms with Gasteiger partial charge in [0.25, 0.3) is 5.92 Å². The van der Waals surface area contributed by atoms with Crippen LogP contribution in [0.15, 0.2) is 18.3 Å². The third-order valence-corrected chi connectivity index (χ3v) is 6.33. The standard InChI is InChI=1S/C20H26F5N5O/c21-19(22)4-7-30(13-19)18(31)16-10-15(12-26-16)28-5-1-6-29(9-8-28)17-3-2-14(11-27-17)20(23,24)25/h2-3,11,15-16,26H,1,4-10,12-13H2/t15-,16-/m0/s1. The molecular formula is C20H26F5N5O. The lowest BCUT2D eigenvalue weighted by atomic mass is 10.1. The first-order chi connectivity index (χ1) is 14.6. The van der Waals surface area contributed by atoms with E-state index in [-0.39, 0.29) is 24.9 Å². The number of carbonyl (C=O) groups is 1. The fourth-order valence-corrected chi connectivity index (χ4v) is 4.60. The van der Waals surface area contributed by atoms with E-state index in [0.29, 0.717) is 38.4 Å². The maximum Gasteiger partial charge on any atom is 0.417 e. The third-order valence-electron chi connectivity index (χ3n) is 6.33. The van der Waals surface area contributed by atoms with Crippen molar-refractivity contribution in [3.63, 3.8) is 0 Å². The molecule has 4 heterocycles. The lowest BCUT2D eigenvalue weighted by Gasteiger charge is -2.27. The molecule has 3 saturated heterocycles.